The van der Waals surface area contributed by atoms with Gasteiger partial charge in [-0.2, -0.15) is 4.31 Å². The fourth-order valence-corrected chi connectivity index (χ4v) is 5.26. The quantitative estimate of drug-likeness (QED) is 0.774. The van der Waals surface area contributed by atoms with E-state index >= 15 is 0 Å². The highest BCUT2D eigenvalue weighted by atomic mass is 32.2. The van der Waals surface area contributed by atoms with E-state index in [-0.39, 0.29) is 5.75 Å². The first-order valence-electron chi connectivity index (χ1n) is 9.50. The maximum absolute atomic E-state index is 13.1. The second-order valence-electron chi connectivity index (χ2n) is 7.29. The van der Waals surface area contributed by atoms with E-state index in [4.69, 9.17) is 9.47 Å². The van der Waals surface area contributed by atoms with Gasteiger partial charge in [-0.3, -0.25) is 4.90 Å². The number of rotatable bonds is 6. The molecule has 0 saturated carbocycles. The number of methoxy groups -OCH3 is 2. The molecule has 8 heteroatoms. The van der Waals surface area contributed by atoms with Crippen molar-refractivity contribution in [1.82, 2.24) is 9.21 Å². The van der Waals surface area contributed by atoms with E-state index in [1.807, 2.05) is 26.0 Å². The molecule has 0 spiro atoms. The zero-order valence-electron chi connectivity index (χ0n) is 17.3. The number of piperazine rings is 1. The molecule has 0 radical (unpaired) electrons. The van der Waals surface area contributed by atoms with Crippen LogP contribution in [0, 0.1) is 13.8 Å². The van der Waals surface area contributed by atoms with Crippen LogP contribution in [0.4, 0.5) is 0 Å². The number of phenolic OH excluding ortho intramolecular Hbond substituents is 1. The highest BCUT2D eigenvalue weighted by molar-refractivity contribution is 7.89. The number of phenols is 1. The van der Waals surface area contributed by atoms with Gasteiger partial charge in [-0.05, 0) is 37.1 Å². The van der Waals surface area contributed by atoms with Gasteiger partial charge in [0.05, 0.1) is 19.1 Å². The van der Waals surface area contributed by atoms with Gasteiger partial charge in [-0.25, -0.2) is 8.42 Å². The number of aromatic hydroxyl groups is 1. The average Bonchev–Trinajstić information content (AvgIpc) is 2.71. The summed E-state index contributed by atoms with van der Waals surface area (Å²) in [6.07, 6.45) is 0. The van der Waals surface area contributed by atoms with E-state index in [0.717, 1.165) is 11.1 Å². The lowest BCUT2D eigenvalue weighted by Crippen LogP contribution is -2.48. The van der Waals surface area contributed by atoms with E-state index in [1.165, 1.54) is 13.2 Å². The molecule has 2 aromatic rings. The molecule has 7 nitrogen and oxygen atoms in total. The third-order valence-electron chi connectivity index (χ3n) is 5.27. The number of aryl methyl sites for hydroxylation is 2. The van der Waals surface area contributed by atoms with Crippen molar-refractivity contribution in [3.8, 4) is 17.2 Å². The van der Waals surface area contributed by atoms with Crippen molar-refractivity contribution < 1.29 is 23.0 Å². The molecule has 1 aliphatic heterocycles. The van der Waals surface area contributed by atoms with Crippen molar-refractivity contribution in [1.29, 1.82) is 0 Å². The van der Waals surface area contributed by atoms with Crippen LogP contribution in [-0.2, 0) is 16.6 Å². The molecule has 1 saturated heterocycles. The fourth-order valence-electron chi connectivity index (χ4n) is 3.53. The Morgan fingerprint density at radius 3 is 2.21 bits per heavy atom. The molecule has 1 N–H and O–H groups in total. The lowest BCUT2D eigenvalue weighted by Gasteiger charge is -2.34. The molecule has 1 fully saturated rings. The predicted octanol–water partition coefficient (Wildman–Crippen LogP) is 2.53. The van der Waals surface area contributed by atoms with E-state index in [1.54, 1.807) is 23.5 Å². The number of nitrogens with zero attached hydrogens (tertiary/aromatic N) is 2. The second kappa shape index (κ2) is 8.61. The van der Waals surface area contributed by atoms with Crippen LogP contribution < -0.4 is 9.47 Å². The molecule has 0 amide bonds. The number of benzene rings is 2. The molecule has 0 unspecified atom stereocenters. The van der Waals surface area contributed by atoms with E-state index in [2.05, 4.69) is 4.90 Å². The summed E-state index contributed by atoms with van der Waals surface area (Å²) < 4.78 is 38.2. The normalized spacial score (nSPS) is 16.0. The van der Waals surface area contributed by atoms with Gasteiger partial charge < -0.3 is 14.6 Å². The van der Waals surface area contributed by atoms with Crippen molar-refractivity contribution in [2.75, 3.05) is 40.4 Å². The molecule has 158 valence electrons. The summed E-state index contributed by atoms with van der Waals surface area (Å²) in [7, 11) is -0.447. The van der Waals surface area contributed by atoms with Crippen LogP contribution in [0.25, 0.3) is 0 Å². The van der Waals surface area contributed by atoms with Gasteiger partial charge >= 0.3 is 0 Å². The van der Waals surface area contributed by atoms with Crippen molar-refractivity contribution in [2.45, 2.75) is 25.3 Å². The fraction of sp³-hybridized carbons (Fsp3) is 0.429. The molecule has 0 bridgehead atoms. The maximum Gasteiger partial charge on any atom is 0.243 e. The van der Waals surface area contributed by atoms with E-state index in [0.29, 0.717) is 54.7 Å². The Hall–Kier alpha value is -2.29. The van der Waals surface area contributed by atoms with Crippen molar-refractivity contribution in [3.63, 3.8) is 0 Å². The summed E-state index contributed by atoms with van der Waals surface area (Å²) in [6.45, 7) is 6.20. The standard InChI is InChI=1S/C21H28N2O5S/c1-15-5-6-16(2)21(11-15)29(25,26)23-9-7-22(8-10-23)14-17-12-19(27-3)20(28-4)13-18(17)24/h5-6,11-13,24H,7-10,14H2,1-4H3. The maximum atomic E-state index is 13.1. The van der Waals surface area contributed by atoms with Gasteiger partial charge in [0, 0.05) is 44.4 Å². The first-order chi connectivity index (χ1) is 13.8. The summed E-state index contributed by atoms with van der Waals surface area (Å²) >= 11 is 0. The van der Waals surface area contributed by atoms with Crippen LogP contribution in [0.1, 0.15) is 16.7 Å². The Balaban J connectivity index is 1.70. The van der Waals surface area contributed by atoms with Crippen LogP contribution in [0.3, 0.4) is 0 Å². The van der Waals surface area contributed by atoms with Crippen LogP contribution in [0.5, 0.6) is 17.2 Å². The Labute approximate surface area is 172 Å². The third kappa shape index (κ3) is 4.49. The first kappa shape index (κ1) is 21.4. The van der Waals surface area contributed by atoms with Gasteiger partial charge in [-0.15, -0.1) is 0 Å². The van der Waals surface area contributed by atoms with Crippen molar-refractivity contribution >= 4 is 10.0 Å². The average molecular weight is 421 g/mol. The minimum absolute atomic E-state index is 0.132. The minimum atomic E-state index is -3.52. The van der Waals surface area contributed by atoms with E-state index < -0.39 is 10.0 Å². The molecule has 0 aliphatic carbocycles. The number of hydrogen-bond donors (Lipinski definition) is 1. The highest BCUT2D eigenvalue weighted by Crippen LogP contribution is 2.34. The molecule has 1 aliphatic rings. The summed E-state index contributed by atoms with van der Waals surface area (Å²) in [5.74, 6) is 1.16. The van der Waals surface area contributed by atoms with Crippen LogP contribution in [0.15, 0.2) is 35.2 Å². The summed E-state index contributed by atoms with van der Waals surface area (Å²) in [5, 5.41) is 10.3. The molecule has 3 rings (SSSR count). The van der Waals surface area contributed by atoms with Crippen LogP contribution in [-0.4, -0.2) is 63.1 Å². The van der Waals surface area contributed by atoms with Gasteiger partial charge in [0.2, 0.25) is 10.0 Å². The van der Waals surface area contributed by atoms with Crippen molar-refractivity contribution in [2.24, 2.45) is 0 Å². The number of ether oxygens (including phenoxy) is 2. The summed E-state index contributed by atoms with van der Waals surface area (Å²) in [6, 6.07) is 8.79. The Bertz CT molecular complexity index is 983. The van der Waals surface area contributed by atoms with Gasteiger partial charge in [0.15, 0.2) is 11.5 Å². The minimum Gasteiger partial charge on any atom is -0.507 e. The molecule has 29 heavy (non-hydrogen) atoms. The smallest absolute Gasteiger partial charge is 0.243 e. The molecular weight excluding hydrogens is 392 g/mol. The Morgan fingerprint density at radius 2 is 1.59 bits per heavy atom. The zero-order valence-corrected chi connectivity index (χ0v) is 18.1. The molecule has 2 aromatic carbocycles. The predicted molar refractivity (Wildman–Crippen MR) is 111 cm³/mol. The molecule has 0 aromatic heterocycles. The molecular formula is C21H28N2O5S. The lowest BCUT2D eigenvalue weighted by molar-refractivity contribution is 0.180. The number of sulfonamides is 1. The summed E-state index contributed by atoms with van der Waals surface area (Å²) in [5.41, 5.74) is 2.40. The first-order valence-corrected chi connectivity index (χ1v) is 10.9. The van der Waals surface area contributed by atoms with Gasteiger partial charge in [-0.1, -0.05) is 12.1 Å². The van der Waals surface area contributed by atoms with E-state index in [9.17, 15) is 13.5 Å². The zero-order chi connectivity index (χ0) is 21.2. The Kier molecular flexibility index (Phi) is 6.36. The molecule has 0 atom stereocenters. The molecule has 1 heterocycles. The Morgan fingerprint density at radius 1 is 0.966 bits per heavy atom. The highest BCUT2D eigenvalue weighted by Gasteiger charge is 2.30. The third-order valence-corrected chi connectivity index (χ3v) is 7.31. The van der Waals surface area contributed by atoms with Gasteiger partial charge in [0.1, 0.15) is 5.75 Å². The largest absolute Gasteiger partial charge is 0.507 e. The van der Waals surface area contributed by atoms with Crippen LogP contribution in [0.2, 0.25) is 0 Å². The lowest BCUT2D eigenvalue weighted by atomic mass is 10.1. The van der Waals surface area contributed by atoms with Gasteiger partial charge in [0.25, 0.3) is 0 Å². The number of hydrogen-bond acceptors (Lipinski definition) is 6. The SMILES string of the molecule is COc1cc(O)c(CN2CCN(S(=O)(=O)c3cc(C)ccc3C)CC2)cc1OC. The summed E-state index contributed by atoms with van der Waals surface area (Å²) in [4.78, 5) is 2.50. The second-order valence-corrected chi connectivity index (χ2v) is 9.19. The topological polar surface area (TPSA) is 79.3 Å². The monoisotopic (exact) mass is 420 g/mol. The van der Waals surface area contributed by atoms with Crippen molar-refractivity contribution in [3.05, 3.63) is 47.0 Å². The van der Waals surface area contributed by atoms with Crippen LogP contribution >= 0.6 is 0 Å².